The van der Waals surface area contributed by atoms with Crippen LogP contribution in [-0.2, 0) is 19.1 Å². The average Bonchev–Trinajstić information content (AvgIpc) is 3.56. The molecule has 0 spiro atoms. The molecule has 4 fully saturated rings. The number of halogens is 1. The number of hydrogen-bond acceptors (Lipinski definition) is 13. The number of hydrogen-bond donors (Lipinski definition) is 2. The van der Waals surface area contributed by atoms with Crippen LogP contribution in [0.15, 0.2) is 54.6 Å². The third-order valence-electron chi connectivity index (χ3n) is 14.2. The summed E-state index contributed by atoms with van der Waals surface area (Å²) >= 11 is 6.30. The van der Waals surface area contributed by atoms with Crippen LogP contribution in [0.5, 0.6) is 11.5 Å². The van der Waals surface area contributed by atoms with Gasteiger partial charge in [-0.25, -0.2) is 0 Å². The van der Waals surface area contributed by atoms with Gasteiger partial charge in [0.1, 0.15) is 36.3 Å². The van der Waals surface area contributed by atoms with Crippen molar-refractivity contribution in [3.8, 4) is 17.6 Å². The average molecular weight is 939 g/mol. The van der Waals surface area contributed by atoms with Crippen molar-refractivity contribution in [2.45, 2.75) is 71.6 Å². The van der Waals surface area contributed by atoms with Crippen molar-refractivity contribution in [1.29, 1.82) is 5.26 Å². The van der Waals surface area contributed by atoms with Crippen molar-refractivity contribution >= 4 is 52.5 Å². The first-order chi connectivity index (χ1) is 32.1. The van der Waals surface area contributed by atoms with Crippen LogP contribution in [0, 0.1) is 28.1 Å². The van der Waals surface area contributed by atoms with E-state index >= 15 is 0 Å². The third-order valence-corrected chi connectivity index (χ3v) is 14.5. The minimum Gasteiger partial charge on any atom is -0.489 e. The number of ether oxygens (including phenoxy) is 4. The molecule has 0 radical (unpaired) electrons. The van der Waals surface area contributed by atoms with Crippen molar-refractivity contribution in [2.24, 2.45) is 16.7 Å². The zero-order valence-corrected chi connectivity index (χ0v) is 39.7. The molecule has 0 bridgehead atoms. The van der Waals surface area contributed by atoms with Crippen LogP contribution in [0.2, 0.25) is 5.02 Å². The molecule has 8 rings (SSSR count). The molecule has 1 aliphatic carbocycles. The van der Waals surface area contributed by atoms with Gasteiger partial charge in [0.15, 0.2) is 0 Å². The maximum absolute atomic E-state index is 14.0. The van der Waals surface area contributed by atoms with E-state index in [1.54, 1.807) is 37.4 Å². The van der Waals surface area contributed by atoms with Crippen molar-refractivity contribution in [1.82, 2.24) is 20.4 Å². The molecule has 3 aromatic carbocycles. The number of nitrogens with zero attached hydrogens (tertiary/aromatic N) is 5. The first kappa shape index (κ1) is 47.8. The fourth-order valence-corrected chi connectivity index (χ4v) is 11.1. The molecule has 17 heteroatoms. The fourth-order valence-electron chi connectivity index (χ4n) is 10.9. The van der Waals surface area contributed by atoms with E-state index in [1.807, 2.05) is 24.3 Å². The highest BCUT2D eigenvalue weighted by molar-refractivity contribution is 6.31. The molecule has 3 saturated heterocycles. The number of rotatable bonds is 16. The minimum absolute atomic E-state index is 0.0787. The molecule has 1 unspecified atom stereocenters. The van der Waals surface area contributed by atoms with E-state index in [-0.39, 0.29) is 36.5 Å². The molecule has 1 atom stereocenters. The number of anilines is 2. The van der Waals surface area contributed by atoms with Gasteiger partial charge in [-0.1, -0.05) is 39.3 Å². The molecular formula is C50H60ClN7O9. The van der Waals surface area contributed by atoms with E-state index in [9.17, 15) is 29.2 Å². The summed E-state index contributed by atoms with van der Waals surface area (Å²) in [7, 11) is 1.63. The molecule has 2 N–H and O–H groups in total. The Kier molecular flexibility index (Phi) is 14.1. The number of piperazine rings is 1. The van der Waals surface area contributed by atoms with Crippen LogP contribution in [0.25, 0.3) is 0 Å². The SMILES string of the molecule is COCCOCCOc1cc(C(=O)N[C@H]2C(C)(C)[C@H](Oc3ccc(C#N)c(Cl)c3)C2(C)C)ccc1N1CCC(CN2CCN(c3ccc4c(c3)C(=O)N(C3CCC(=O)NC3=O)C4=O)CC2)CC1. The molecule has 16 nitrogen and oxygen atoms in total. The number of nitriles is 1. The van der Waals surface area contributed by atoms with Gasteiger partial charge in [0.25, 0.3) is 17.7 Å². The number of nitrogens with one attached hydrogen (secondary N) is 2. The van der Waals surface area contributed by atoms with Crippen LogP contribution in [0.1, 0.15) is 90.0 Å². The molecular weight excluding hydrogens is 878 g/mol. The first-order valence-electron chi connectivity index (χ1n) is 23.2. The molecule has 356 valence electrons. The van der Waals surface area contributed by atoms with E-state index in [0.29, 0.717) is 65.6 Å². The second kappa shape index (κ2) is 19.9. The maximum Gasteiger partial charge on any atom is 0.262 e. The lowest BCUT2D eigenvalue weighted by Gasteiger charge is -2.63. The summed E-state index contributed by atoms with van der Waals surface area (Å²) in [5.41, 5.74) is 2.41. The van der Waals surface area contributed by atoms with Gasteiger partial charge in [-0.05, 0) is 73.7 Å². The highest BCUT2D eigenvalue weighted by atomic mass is 35.5. The largest absolute Gasteiger partial charge is 0.489 e. The monoisotopic (exact) mass is 937 g/mol. The van der Waals surface area contributed by atoms with Crippen LogP contribution >= 0.6 is 11.6 Å². The number of fused-ring (bicyclic) bond motifs is 1. The van der Waals surface area contributed by atoms with Crippen molar-refractivity contribution in [3.05, 3.63) is 81.9 Å². The molecule has 3 aromatic rings. The van der Waals surface area contributed by atoms with Crippen LogP contribution in [-0.4, -0.2) is 137 Å². The highest BCUT2D eigenvalue weighted by Gasteiger charge is 2.64. The number of piperidine rings is 2. The van der Waals surface area contributed by atoms with Crippen LogP contribution < -0.4 is 29.9 Å². The van der Waals surface area contributed by atoms with Crippen LogP contribution in [0.3, 0.4) is 0 Å². The van der Waals surface area contributed by atoms with Crippen molar-refractivity contribution < 1.29 is 42.9 Å². The van der Waals surface area contributed by atoms with Gasteiger partial charge in [-0.3, -0.25) is 39.1 Å². The Morgan fingerprint density at radius 3 is 2.24 bits per heavy atom. The number of carbonyl (C=O) groups is 5. The molecule has 4 heterocycles. The van der Waals surface area contributed by atoms with Gasteiger partial charge in [-0.15, -0.1) is 0 Å². The molecule has 5 aliphatic rings. The summed E-state index contributed by atoms with van der Waals surface area (Å²) in [6.45, 7) is 15.8. The Morgan fingerprint density at radius 2 is 1.55 bits per heavy atom. The van der Waals surface area contributed by atoms with E-state index in [0.717, 1.165) is 74.9 Å². The third kappa shape index (κ3) is 9.83. The van der Waals surface area contributed by atoms with Gasteiger partial charge in [0.2, 0.25) is 11.8 Å². The minimum atomic E-state index is -0.992. The number of methoxy groups -OCH3 is 1. The zero-order valence-electron chi connectivity index (χ0n) is 38.9. The summed E-state index contributed by atoms with van der Waals surface area (Å²) < 4.78 is 23.6. The van der Waals surface area contributed by atoms with Gasteiger partial charge in [-0.2, -0.15) is 5.26 Å². The lowest BCUT2D eigenvalue weighted by molar-refractivity contribution is -0.164. The fraction of sp³-hybridized carbons (Fsp3) is 0.520. The molecule has 5 amide bonds. The van der Waals surface area contributed by atoms with E-state index < -0.39 is 40.5 Å². The number of benzene rings is 3. The normalized spacial score (nSPS) is 22.8. The van der Waals surface area contributed by atoms with Crippen LogP contribution in [0.4, 0.5) is 11.4 Å². The summed E-state index contributed by atoms with van der Waals surface area (Å²) in [6, 6.07) is 16.9. The molecule has 0 aromatic heterocycles. The zero-order chi connectivity index (χ0) is 47.6. The standard InChI is InChI=1S/C50H60ClN7O9/c1-49(2)47(50(3,4)48(49)67-35-9-6-33(29-52)38(51)28-35)54-43(60)32-7-11-39(41(26-32)66-25-24-65-23-22-64-5)57-16-14-31(15-17-57)30-55-18-20-56(21-19-55)34-8-10-36-37(27-34)46(63)58(45(36)62)40-12-13-42(59)53-44(40)61/h6-11,26-28,31,40,47-48H,12-25,30H2,1-5H3,(H,54,60)(H,53,59,61)/t40?,47-,48-. The topological polar surface area (TPSA) is 183 Å². The van der Waals surface area contributed by atoms with E-state index in [1.165, 1.54) is 0 Å². The maximum atomic E-state index is 14.0. The number of carbonyl (C=O) groups excluding carboxylic acids is 5. The number of amides is 5. The van der Waals surface area contributed by atoms with E-state index in [2.05, 4.69) is 59.1 Å². The second-order valence-corrected chi connectivity index (χ2v) is 19.7. The Morgan fingerprint density at radius 1 is 0.836 bits per heavy atom. The first-order valence-corrected chi connectivity index (χ1v) is 23.6. The summed E-state index contributed by atoms with van der Waals surface area (Å²) in [5, 5.41) is 15.2. The molecule has 1 saturated carbocycles. The van der Waals surface area contributed by atoms with Crippen molar-refractivity contribution in [2.75, 3.05) is 89.2 Å². The summed E-state index contributed by atoms with van der Waals surface area (Å²) in [5.74, 6) is -0.517. The Balaban J connectivity index is 0.856. The predicted molar refractivity (Wildman–Crippen MR) is 251 cm³/mol. The van der Waals surface area contributed by atoms with Gasteiger partial charge in [0.05, 0.1) is 47.2 Å². The molecule has 67 heavy (non-hydrogen) atoms. The smallest absolute Gasteiger partial charge is 0.262 e. The quantitative estimate of drug-likeness (QED) is 0.140. The number of imide groups is 2. The Labute approximate surface area is 396 Å². The summed E-state index contributed by atoms with van der Waals surface area (Å²) in [6.07, 6.45) is 1.96. The lowest BCUT2D eigenvalue weighted by Crippen LogP contribution is -2.74. The lowest BCUT2D eigenvalue weighted by atomic mass is 9.49. The van der Waals surface area contributed by atoms with Gasteiger partial charge >= 0.3 is 0 Å². The van der Waals surface area contributed by atoms with Gasteiger partial charge < -0.3 is 34.1 Å². The Hall–Kier alpha value is -5.73. The Bertz CT molecular complexity index is 2420. The second-order valence-electron chi connectivity index (χ2n) is 19.3. The van der Waals surface area contributed by atoms with Gasteiger partial charge in [0, 0.05) is 93.5 Å². The molecule has 4 aliphatic heterocycles. The van der Waals surface area contributed by atoms with E-state index in [4.69, 9.17) is 30.5 Å². The summed E-state index contributed by atoms with van der Waals surface area (Å²) in [4.78, 5) is 72.9. The van der Waals surface area contributed by atoms with Crippen molar-refractivity contribution in [3.63, 3.8) is 0 Å². The highest BCUT2D eigenvalue weighted by Crippen LogP contribution is 2.55. The predicted octanol–water partition coefficient (Wildman–Crippen LogP) is 5.31.